The molecule has 0 unspecified atom stereocenters. The Morgan fingerprint density at radius 1 is 1.05 bits per heavy atom. The van der Waals surface area contributed by atoms with Crippen LogP contribution in [0.2, 0.25) is 0 Å². The molecule has 2 N–H and O–H groups in total. The van der Waals surface area contributed by atoms with Crippen LogP contribution < -0.4 is 5.43 Å². The van der Waals surface area contributed by atoms with Crippen LogP contribution in [-0.2, 0) is 0 Å². The van der Waals surface area contributed by atoms with Crippen molar-refractivity contribution in [2.24, 2.45) is 5.10 Å². The Morgan fingerprint density at radius 2 is 1.90 bits per heavy atom. The molecule has 0 atom stereocenters. The van der Waals surface area contributed by atoms with Crippen molar-refractivity contribution in [2.75, 3.05) is 0 Å². The lowest BCUT2D eigenvalue weighted by atomic mass is 10.0. The van der Waals surface area contributed by atoms with Gasteiger partial charge in [0.1, 0.15) is 0 Å². The third-order valence-corrected chi connectivity index (χ3v) is 3.03. The zero-order valence-electron chi connectivity index (χ0n) is 10.7. The van der Waals surface area contributed by atoms with Gasteiger partial charge in [0.2, 0.25) is 0 Å². The highest BCUT2D eigenvalue weighted by molar-refractivity contribution is 6.07. The topological polar surface area (TPSA) is 57.2 Å². The summed E-state index contributed by atoms with van der Waals surface area (Å²) in [5.41, 5.74) is 3.99. The SMILES string of the molecule is O=C(N/N=C/c1ccc[nH]1)c1cccc2ccccc12. The number of fused-ring (bicyclic) bond motifs is 1. The van der Waals surface area contributed by atoms with Crippen LogP contribution in [0.5, 0.6) is 0 Å². The van der Waals surface area contributed by atoms with E-state index in [1.165, 1.54) is 0 Å². The molecule has 20 heavy (non-hydrogen) atoms. The maximum Gasteiger partial charge on any atom is 0.271 e. The van der Waals surface area contributed by atoms with Gasteiger partial charge in [0.15, 0.2) is 0 Å². The molecule has 98 valence electrons. The lowest BCUT2D eigenvalue weighted by molar-refractivity contribution is 0.0957. The van der Waals surface area contributed by atoms with E-state index in [0.717, 1.165) is 16.5 Å². The number of nitrogens with one attached hydrogen (secondary N) is 2. The highest BCUT2D eigenvalue weighted by Gasteiger charge is 2.08. The van der Waals surface area contributed by atoms with Crippen LogP contribution in [-0.4, -0.2) is 17.1 Å². The first kappa shape index (κ1) is 12.2. The maximum atomic E-state index is 12.2. The number of rotatable bonds is 3. The van der Waals surface area contributed by atoms with Gasteiger partial charge in [0.05, 0.1) is 11.9 Å². The molecule has 0 radical (unpaired) electrons. The van der Waals surface area contributed by atoms with Crippen molar-refractivity contribution < 1.29 is 4.79 Å². The molecule has 3 rings (SSSR count). The van der Waals surface area contributed by atoms with Gasteiger partial charge in [-0.2, -0.15) is 5.10 Å². The fourth-order valence-electron chi connectivity index (χ4n) is 2.07. The van der Waals surface area contributed by atoms with Crippen LogP contribution in [0.4, 0.5) is 0 Å². The van der Waals surface area contributed by atoms with E-state index in [1.54, 1.807) is 18.5 Å². The van der Waals surface area contributed by atoms with Crippen molar-refractivity contribution in [3.63, 3.8) is 0 Å². The molecule has 0 aliphatic heterocycles. The molecule has 0 spiro atoms. The summed E-state index contributed by atoms with van der Waals surface area (Å²) >= 11 is 0. The maximum absolute atomic E-state index is 12.2. The van der Waals surface area contributed by atoms with E-state index in [9.17, 15) is 4.79 Å². The van der Waals surface area contributed by atoms with Crippen molar-refractivity contribution in [1.82, 2.24) is 10.4 Å². The molecule has 3 aromatic rings. The fourth-order valence-corrected chi connectivity index (χ4v) is 2.07. The summed E-state index contributed by atoms with van der Waals surface area (Å²) in [5, 5.41) is 5.90. The normalized spacial score (nSPS) is 11.0. The van der Waals surface area contributed by atoms with E-state index in [1.807, 2.05) is 48.5 Å². The number of carbonyl (C=O) groups excluding carboxylic acids is 1. The quantitative estimate of drug-likeness (QED) is 0.554. The number of amides is 1. The molecule has 0 aliphatic carbocycles. The number of aromatic amines is 1. The third-order valence-electron chi connectivity index (χ3n) is 3.03. The number of aromatic nitrogens is 1. The van der Waals surface area contributed by atoms with E-state index in [0.29, 0.717) is 5.56 Å². The first-order valence-corrected chi connectivity index (χ1v) is 6.29. The molecular formula is C16H13N3O. The van der Waals surface area contributed by atoms with Gasteiger partial charge in [-0.1, -0.05) is 36.4 Å². The summed E-state index contributed by atoms with van der Waals surface area (Å²) in [5.74, 6) is -0.218. The molecule has 1 heterocycles. The average Bonchev–Trinajstić information content (AvgIpc) is 3.00. The Bertz CT molecular complexity index is 755. The number of hydrogen-bond donors (Lipinski definition) is 2. The van der Waals surface area contributed by atoms with Crippen LogP contribution in [0.1, 0.15) is 16.1 Å². The minimum absolute atomic E-state index is 0.218. The Labute approximate surface area is 116 Å². The highest BCUT2D eigenvalue weighted by Crippen LogP contribution is 2.18. The lowest BCUT2D eigenvalue weighted by Crippen LogP contribution is -2.17. The minimum Gasteiger partial charge on any atom is -0.360 e. The molecule has 0 saturated carbocycles. The number of nitrogens with zero attached hydrogens (tertiary/aromatic N) is 1. The van der Waals surface area contributed by atoms with E-state index >= 15 is 0 Å². The predicted octanol–water partition coefficient (Wildman–Crippen LogP) is 2.93. The number of H-pyrrole nitrogens is 1. The Morgan fingerprint density at radius 3 is 2.75 bits per heavy atom. The number of benzene rings is 2. The van der Waals surface area contributed by atoms with Crippen LogP contribution in [0, 0.1) is 0 Å². The van der Waals surface area contributed by atoms with Crippen molar-refractivity contribution >= 4 is 22.9 Å². The summed E-state index contributed by atoms with van der Waals surface area (Å²) in [6.45, 7) is 0. The van der Waals surface area contributed by atoms with Crippen LogP contribution in [0.15, 0.2) is 65.9 Å². The van der Waals surface area contributed by atoms with Crippen molar-refractivity contribution in [2.45, 2.75) is 0 Å². The molecule has 0 aliphatic rings. The van der Waals surface area contributed by atoms with Crippen LogP contribution >= 0.6 is 0 Å². The van der Waals surface area contributed by atoms with Gasteiger partial charge in [-0.15, -0.1) is 0 Å². The van der Waals surface area contributed by atoms with E-state index < -0.39 is 0 Å². The smallest absolute Gasteiger partial charge is 0.271 e. The Balaban J connectivity index is 1.82. The van der Waals surface area contributed by atoms with E-state index in [2.05, 4.69) is 15.5 Å². The van der Waals surface area contributed by atoms with Crippen LogP contribution in [0.3, 0.4) is 0 Å². The molecule has 4 nitrogen and oxygen atoms in total. The number of hydrogen-bond acceptors (Lipinski definition) is 2. The zero-order valence-corrected chi connectivity index (χ0v) is 10.7. The number of carbonyl (C=O) groups is 1. The fraction of sp³-hybridized carbons (Fsp3) is 0. The van der Waals surface area contributed by atoms with Crippen LogP contribution in [0.25, 0.3) is 10.8 Å². The molecular weight excluding hydrogens is 250 g/mol. The molecule has 0 bridgehead atoms. The highest BCUT2D eigenvalue weighted by atomic mass is 16.2. The van der Waals surface area contributed by atoms with Gasteiger partial charge in [-0.25, -0.2) is 5.43 Å². The van der Waals surface area contributed by atoms with Gasteiger partial charge in [0.25, 0.3) is 5.91 Å². The predicted molar refractivity (Wildman–Crippen MR) is 79.8 cm³/mol. The second kappa shape index (κ2) is 5.40. The van der Waals surface area contributed by atoms with Gasteiger partial charge < -0.3 is 4.98 Å². The van der Waals surface area contributed by atoms with Crippen molar-refractivity contribution in [3.8, 4) is 0 Å². The van der Waals surface area contributed by atoms with Gasteiger partial charge in [-0.05, 0) is 29.0 Å². The van der Waals surface area contributed by atoms with Crippen molar-refractivity contribution in [3.05, 3.63) is 72.1 Å². The standard InChI is InChI=1S/C16H13N3O/c20-16(19-18-11-13-7-4-10-17-13)15-9-3-6-12-5-1-2-8-14(12)15/h1-11,17H,(H,19,20)/b18-11+. The Hall–Kier alpha value is -2.88. The summed E-state index contributed by atoms with van der Waals surface area (Å²) < 4.78 is 0. The lowest BCUT2D eigenvalue weighted by Gasteiger charge is -2.04. The first-order valence-electron chi connectivity index (χ1n) is 6.29. The second-order valence-electron chi connectivity index (χ2n) is 4.35. The van der Waals surface area contributed by atoms with Crippen molar-refractivity contribution in [1.29, 1.82) is 0 Å². The molecule has 1 aromatic heterocycles. The van der Waals surface area contributed by atoms with E-state index in [4.69, 9.17) is 0 Å². The molecule has 2 aromatic carbocycles. The monoisotopic (exact) mass is 263 g/mol. The van der Waals surface area contributed by atoms with Gasteiger partial charge in [0, 0.05) is 11.8 Å². The summed E-state index contributed by atoms with van der Waals surface area (Å²) in [6.07, 6.45) is 3.37. The van der Waals surface area contributed by atoms with Gasteiger partial charge >= 0.3 is 0 Å². The first-order chi connectivity index (χ1) is 9.84. The summed E-state index contributed by atoms with van der Waals surface area (Å²) in [4.78, 5) is 15.1. The third kappa shape index (κ3) is 2.44. The zero-order chi connectivity index (χ0) is 13.8. The van der Waals surface area contributed by atoms with E-state index in [-0.39, 0.29) is 5.91 Å². The Kier molecular flexibility index (Phi) is 3.29. The molecule has 1 amide bonds. The second-order valence-corrected chi connectivity index (χ2v) is 4.35. The largest absolute Gasteiger partial charge is 0.360 e. The van der Waals surface area contributed by atoms with Gasteiger partial charge in [-0.3, -0.25) is 4.79 Å². The average molecular weight is 263 g/mol. The number of hydrazone groups is 1. The molecule has 0 fully saturated rings. The summed E-state index contributed by atoms with van der Waals surface area (Å²) in [7, 11) is 0. The minimum atomic E-state index is -0.218. The molecule has 4 heteroatoms. The summed E-state index contributed by atoms with van der Waals surface area (Å²) in [6, 6.07) is 17.2. The molecule has 0 saturated heterocycles.